The van der Waals surface area contributed by atoms with Gasteiger partial charge < -0.3 is 5.32 Å². The van der Waals surface area contributed by atoms with Crippen molar-refractivity contribution in [1.29, 1.82) is 5.26 Å². The van der Waals surface area contributed by atoms with Gasteiger partial charge in [-0.3, -0.25) is 0 Å². The van der Waals surface area contributed by atoms with Gasteiger partial charge in [-0.05, 0) is 48.9 Å². The summed E-state index contributed by atoms with van der Waals surface area (Å²) in [6, 6.07) is 13.7. The molecule has 0 unspecified atom stereocenters. The summed E-state index contributed by atoms with van der Waals surface area (Å²) < 4.78 is 1.99. The monoisotopic (exact) mass is 364 g/mol. The molecular weight excluding hydrogens is 356 g/mol. The molecule has 0 radical (unpaired) electrons. The van der Waals surface area contributed by atoms with E-state index in [-0.39, 0.29) is 0 Å². The molecule has 2 nitrogen and oxygen atoms in total. The fraction of sp³-hybridized carbons (Fsp3) is 0.0714. The molecule has 0 aliphatic rings. The van der Waals surface area contributed by atoms with Crippen LogP contribution >= 0.6 is 31.9 Å². The van der Waals surface area contributed by atoms with Crippen molar-refractivity contribution in [1.82, 2.24) is 0 Å². The molecule has 0 fully saturated rings. The first-order valence-corrected chi connectivity index (χ1v) is 6.91. The number of nitrogens with zero attached hydrogens (tertiary/aromatic N) is 1. The Morgan fingerprint density at radius 2 is 1.67 bits per heavy atom. The van der Waals surface area contributed by atoms with Gasteiger partial charge in [0.1, 0.15) is 6.07 Å². The quantitative estimate of drug-likeness (QED) is 0.800. The van der Waals surface area contributed by atoms with Gasteiger partial charge in [0.2, 0.25) is 0 Å². The Hall–Kier alpha value is -1.31. The molecule has 0 aliphatic heterocycles. The topological polar surface area (TPSA) is 35.8 Å². The lowest BCUT2D eigenvalue weighted by atomic mass is 10.1. The molecule has 4 heteroatoms. The van der Waals surface area contributed by atoms with E-state index >= 15 is 0 Å². The highest BCUT2D eigenvalue weighted by atomic mass is 79.9. The number of nitriles is 1. The molecule has 0 saturated carbocycles. The molecule has 0 amide bonds. The maximum absolute atomic E-state index is 9.09. The van der Waals surface area contributed by atoms with Crippen LogP contribution in [0.25, 0.3) is 0 Å². The van der Waals surface area contributed by atoms with Gasteiger partial charge >= 0.3 is 0 Å². The van der Waals surface area contributed by atoms with Crippen LogP contribution in [-0.4, -0.2) is 0 Å². The second-order valence-electron chi connectivity index (χ2n) is 3.89. The zero-order valence-electron chi connectivity index (χ0n) is 9.67. The summed E-state index contributed by atoms with van der Waals surface area (Å²) in [6.45, 7) is 2.02. The van der Waals surface area contributed by atoms with E-state index in [1.807, 2.05) is 37.3 Å². The average molecular weight is 366 g/mol. The lowest BCUT2D eigenvalue weighted by Gasteiger charge is -2.11. The number of hydrogen-bond donors (Lipinski definition) is 1. The average Bonchev–Trinajstić information content (AvgIpc) is 2.33. The van der Waals surface area contributed by atoms with Gasteiger partial charge in [-0.25, -0.2) is 0 Å². The first-order valence-electron chi connectivity index (χ1n) is 5.33. The molecule has 2 aromatic carbocycles. The molecule has 0 heterocycles. The van der Waals surface area contributed by atoms with Gasteiger partial charge in [-0.1, -0.05) is 31.9 Å². The summed E-state index contributed by atoms with van der Waals surface area (Å²) in [4.78, 5) is 0. The molecule has 1 N–H and O–H groups in total. The molecule has 0 spiro atoms. The van der Waals surface area contributed by atoms with Crippen molar-refractivity contribution >= 4 is 43.2 Å². The van der Waals surface area contributed by atoms with Crippen molar-refractivity contribution < 1.29 is 0 Å². The highest BCUT2D eigenvalue weighted by molar-refractivity contribution is 9.10. The van der Waals surface area contributed by atoms with E-state index < -0.39 is 0 Å². The van der Waals surface area contributed by atoms with E-state index in [0.717, 1.165) is 25.9 Å². The number of halogens is 2. The molecule has 2 aromatic rings. The Bertz CT molecular complexity index is 630. The van der Waals surface area contributed by atoms with Gasteiger partial charge in [0.25, 0.3) is 0 Å². The molecule has 18 heavy (non-hydrogen) atoms. The zero-order chi connectivity index (χ0) is 13.1. The molecule has 0 atom stereocenters. The summed E-state index contributed by atoms with van der Waals surface area (Å²) in [5.74, 6) is 0. The van der Waals surface area contributed by atoms with Gasteiger partial charge in [0, 0.05) is 14.6 Å². The summed E-state index contributed by atoms with van der Waals surface area (Å²) >= 11 is 6.85. The summed E-state index contributed by atoms with van der Waals surface area (Å²) in [5.41, 5.74) is 3.54. The second-order valence-corrected chi connectivity index (χ2v) is 5.72. The number of hydrogen-bond acceptors (Lipinski definition) is 2. The van der Waals surface area contributed by atoms with Crippen LogP contribution in [0.3, 0.4) is 0 Å². The third-order valence-electron chi connectivity index (χ3n) is 2.56. The fourth-order valence-electron chi connectivity index (χ4n) is 1.63. The van der Waals surface area contributed by atoms with Crippen molar-refractivity contribution in [3.63, 3.8) is 0 Å². The molecule has 2 rings (SSSR count). The maximum atomic E-state index is 9.09. The number of rotatable bonds is 2. The van der Waals surface area contributed by atoms with Crippen LogP contribution in [-0.2, 0) is 0 Å². The van der Waals surface area contributed by atoms with Crippen molar-refractivity contribution in [3.8, 4) is 6.07 Å². The van der Waals surface area contributed by atoms with Gasteiger partial charge in [-0.15, -0.1) is 0 Å². The molecule has 0 aromatic heterocycles. The Balaban J connectivity index is 2.40. The predicted octanol–water partition coefficient (Wildman–Crippen LogP) is 5.14. The third-order valence-corrected chi connectivity index (χ3v) is 3.55. The maximum Gasteiger partial charge on any atom is 0.101 e. The lowest BCUT2D eigenvalue weighted by molar-refractivity contribution is 1.40. The molecule has 0 bridgehead atoms. The van der Waals surface area contributed by atoms with Gasteiger partial charge in [-0.2, -0.15) is 5.26 Å². The Labute approximate surface area is 123 Å². The van der Waals surface area contributed by atoms with E-state index in [9.17, 15) is 0 Å². The molecule has 90 valence electrons. The third kappa shape index (κ3) is 2.92. The van der Waals surface area contributed by atoms with Crippen LogP contribution < -0.4 is 5.32 Å². The van der Waals surface area contributed by atoms with E-state index in [2.05, 4.69) is 43.2 Å². The Kier molecular flexibility index (Phi) is 4.05. The molecular formula is C14H10Br2N2. The predicted molar refractivity (Wildman–Crippen MR) is 81.0 cm³/mol. The lowest BCUT2D eigenvalue weighted by Crippen LogP contribution is -1.95. The van der Waals surface area contributed by atoms with E-state index in [1.165, 1.54) is 0 Å². The second kappa shape index (κ2) is 5.55. The van der Waals surface area contributed by atoms with Crippen LogP contribution in [0.5, 0.6) is 0 Å². The minimum absolute atomic E-state index is 0.625. The minimum Gasteiger partial charge on any atom is -0.354 e. The van der Waals surface area contributed by atoms with Gasteiger partial charge in [0.05, 0.1) is 11.3 Å². The molecule has 0 saturated heterocycles. The number of anilines is 2. The van der Waals surface area contributed by atoms with Crippen LogP contribution in [0.2, 0.25) is 0 Å². The van der Waals surface area contributed by atoms with Crippen molar-refractivity contribution in [2.24, 2.45) is 0 Å². The summed E-state index contributed by atoms with van der Waals surface area (Å²) in [6.07, 6.45) is 0. The summed E-state index contributed by atoms with van der Waals surface area (Å²) in [7, 11) is 0. The van der Waals surface area contributed by atoms with Crippen LogP contribution in [0.4, 0.5) is 11.4 Å². The largest absolute Gasteiger partial charge is 0.354 e. The van der Waals surface area contributed by atoms with Crippen molar-refractivity contribution in [3.05, 3.63) is 56.5 Å². The molecule has 0 aliphatic carbocycles. The SMILES string of the molecule is Cc1cc(Br)ccc1Nc1cc(Br)ccc1C#N. The number of aryl methyl sites for hydroxylation is 1. The zero-order valence-corrected chi connectivity index (χ0v) is 12.8. The van der Waals surface area contributed by atoms with E-state index in [4.69, 9.17) is 5.26 Å². The highest BCUT2D eigenvalue weighted by Crippen LogP contribution is 2.27. The highest BCUT2D eigenvalue weighted by Gasteiger charge is 2.05. The number of benzene rings is 2. The van der Waals surface area contributed by atoms with Crippen molar-refractivity contribution in [2.45, 2.75) is 6.92 Å². The first kappa shape index (κ1) is 13.1. The summed E-state index contributed by atoms with van der Waals surface area (Å²) in [5, 5.41) is 12.4. The fourth-order valence-corrected chi connectivity index (χ4v) is 2.47. The standard InChI is InChI=1S/C14H10Br2N2/c1-9-6-11(15)4-5-13(9)18-14-7-12(16)3-2-10(14)8-17/h2-7,18H,1H3. The van der Waals surface area contributed by atoms with E-state index in [1.54, 1.807) is 6.07 Å². The Morgan fingerprint density at radius 3 is 2.33 bits per heavy atom. The normalized spacial score (nSPS) is 9.89. The van der Waals surface area contributed by atoms with Crippen LogP contribution in [0, 0.1) is 18.3 Å². The van der Waals surface area contributed by atoms with Crippen LogP contribution in [0.15, 0.2) is 45.3 Å². The Morgan fingerprint density at radius 1 is 1.00 bits per heavy atom. The van der Waals surface area contributed by atoms with Gasteiger partial charge in [0.15, 0.2) is 0 Å². The van der Waals surface area contributed by atoms with E-state index in [0.29, 0.717) is 5.56 Å². The first-order chi connectivity index (χ1) is 8.60. The van der Waals surface area contributed by atoms with Crippen molar-refractivity contribution in [2.75, 3.05) is 5.32 Å². The minimum atomic E-state index is 0.625. The van der Waals surface area contributed by atoms with Crippen LogP contribution in [0.1, 0.15) is 11.1 Å². The number of nitrogens with one attached hydrogen (secondary N) is 1. The smallest absolute Gasteiger partial charge is 0.101 e.